The van der Waals surface area contributed by atoms with Gasteiger partial charge in [-0.15, -0.1) is 0 Å². The second kappa shape index (κ2) is 5.79. The zero-order valence-corrected chi connectivity index (χ0v) is 13.7. The average Bonchev–Trinajstić information content (AvgIpc) is 2.76. The third kappa shape index (κ3) is 3.71. The molecule has 1 heterocycles. The molecule has 1 saturated heterocycles. The number of nitrogens with zero attached hydrogens (tertiary/aromatic N) is 1. The summed E-state index contributed by atoms with van der Waals surface area (Å²) in [7, 11) is -1.62. The molecule has 0 radical (unpaired) electrons. The van der Waals surface area contributed by atoms with Crippen LogP contribution in [0.25, 0.3) is 0 Å². The van der Waals surface area contributed by atoms with Crippen LogP contribution in [0.1, 0.15) is 17.5 Å². The van der Waals surface area contributed by atoms with Gasteiger partial charge in [0.15, 0.2) is 9.84 Å². The van der Waals surface area contributed by atoms with E-state index >= 15 is 0 Å². The quantitative estimate of drug-likeness (QED) is 0.749. The topological polar surface area (TPSA) is 37.4 Å². The molecular weight excluding hydrogens is 371 g/mol. The molecule has 0 saturated carbocycles. The van der Waals surface area contributed by atoms with Crippen LogP contribution >= 0.6 is 15.9 Å². The molecule has 118 valence electrons. The maximum absolute atomic E-state index is 13.2. The standard InChI is InChI=1S/C13H15BrF3NO2S/c1-18(10-4-5-21(19,20)8-10)12-3-2-9(7-14)6-11(12)13(15,16)17/h2-3,6,10H,4-5,7-8H2,1H3. The summed E-state index contributed by atoms with van der Waals surface area (Å²) < 4.78 is 62.6. The maximum atomic E-state index is 13.2. The van der Waals surface area contributed by atoms with Crippen LogP contribution in [-0.2, 0) is 21.3 Å². The Morgan fingerprint density at radius 2 is 2.05 bits per heavy atom. The number of hydrogen-bond acceptors (Lipinski definition) is 3. The fraction of sp³-hybridized carbons (Fsp3) is 0.538. The molecular formula is C13H15BrF3NO2S. The average molecular weight is 386 g/mol. The molecule has 1 aromatic carbocycles. The minimum absolute atomic E-state index is 0.0225. The second-order valence-electron chi connectivity index (χ2n) is 5.15. The van der Waals surface area contributed by atoms with Gasteiger partial charge >= 0.3 is 6.18 Å². The Kier molecular flexibility index (Phi) is 4.58. The van der Waals surface area contributed by atoms with Gasteiger partial charge in [0, 0.05) is 24.1 Å². The van der Waals surface area contributed by atoms with Gasteiger partial charge in [-0.1, -0.05) is 22.0 Å². The SMILES string of the molecule is CN(c1ccc(CBr)cc1C(F)(F)F)C1CCS(=O)(=O)C1. The predicted octanol–water partition coefficient (Wildman–Crippen LogP) is 3.22. The van der Waals surface area contributed by atoms with E-state index in [0.29, 0.717) is 17.3 Å². The molecule has 21 heavy (non-hydrogen) atoms. The highest BCUT2D eigenvalue weighted by molar-refractivity contribution is 9.08. The number of halogens is 4. The molecule has 0 spiro atoms. The molecule has 0 bridgehead atoms. The first kappa shape index (κ1) is 16.6. The highest BCUT2D eigenvalue weighted by Gasteiger charge is 2.37. The van der Waals surface area contributed by atoms with Crippen molar-refractivity contribution in [3.63, 3.8) is 0 Å². The lowest BCUT2D eigenvalue weighted by atomic mass is 10.1. The summed E-state index contributed by atoms with van der Waals surface area (Å²) in [6.45, 7) is 0. The number of anilines is 1. The van der Waals surface area contributed by atoms with E-state index in [0.717, 1.165) is 6.07 Å². The maximum Gasteiger partial charge on any atom is 0.418 e. The Hall–Kier alpha value is -0.760. The summed E-state index contributed by atoms with van der Waals surface area (Å²) in [4.78, 5) is 1.44. The van der Waals surface area contributed by atoms with Crippen LogP contribution in [0, 0.1) is 0 Å². The Balaban J connectivity index is 2.39. The first-order valence-corrected chi connectivity index (χ1v) is 9.27. The minimum atomic E-state index is -4.47. The molecule has 0 aromatic heterocycles. The summed E-state index contributed by atoms with van der Waals surface area (Å²) >= 11 is 3.14. The zero-order chi connectivity index (χ0) is 15.8. The van der Waals surface area contributed by atoms with E-state index in [-0.39, 0.29) is 17.2 Å². The van der Waals surface area contributed by atoms with E-state index in [4.69, 9.17) is 0 Å². The normalized spacial score (nSPS) is 21.5. The molecule has 1 aliphatic heterocycles. The third-order valence-corrected chi connectivity index (χ3v) is 6.05. The first-order valence-electron chi connectivity index (χ1n) is 6.33. The van der Waals surface area contributed by atoms with Gasteiger partial charge in [0.05, 0.1) is 17.1 Å². The second-order valence-corrected chi connectivity index (χ2v) is 7.94. The molecule has 8 heteroatoms. The number of sulfone groups is 1. The molecule has 2 rings (SSSR count). The molecule has 3 nitrogen and oxygen atoms in total. The molecule has 1 aromatic rings. The first-order chi connectivity index (χ1) is 9.64. The lowest BCUT2D eigenvalue weighted by Crippen LogP contribution is -2.34. The highest BCUT2D eigenvalue weighted by atomic mass is 79.9. The van der Waals surface area contributed by atoms with Crippen molar-refractivity contribution < 1.29 is 21.6 Å². The van der Waals surface area contributed by atoms with Crippen LogP contribution in [0.4, 0.5) is 18.9 Å². The van der Waals surface area contributed by atoms with Crippen LogP contribution in [0.3, 0.4) is 0 Å². The molecule has 1 atom stereocenters. The van der Waals surface area contributed by atoms with Crippen LogP contribution in [-0.4, -0.2) is 33.0 Å². The summed E-state index contributed by atoms with van der Waals surface area (Å²) in [6.07, 6.45) is -4.12. The Morgan fingerprint density at radius 1 is 1.38 bits per heavy atom. The Bertz CT molecular complexity index is 631. The number of hydrogen-bond donors (Lipinski definition) is 0. The summed E-state index contributed by atoms with van der Waals surface area (Å²) in [6, 6.07) is 3.71. The smallest absolute Gasteiger partial charge is 0.370 e. The van der Waals surface area contributed by atoms with Crippen molar-refractivity contribution >= 4 is 31.5 Å². The van der Waals surface area contributed by atoms with Crippen LogP contribution in [0.2, 0.25) is 0 Å². The number of alkyl halides is 4. The highest BCUT2D eigenvalue weighted by Crippen LogP contribution is 2.38. The monoisotopic (exact) mass is 385 g/mol. The van der Waals surface area contributed by atoms with E-state index < -0.39 is 27.6 Å². The number of rotatable bonds is 3. The van der Waals surface area contributed by atoms with E-state index in [9.17, 15) is 21.6 Å². The molecule has 1 unspecified atom stereocenters. The van der Waals surface area contributed by atoms with Gasteiger partial charge in [-0.2, -0.15) is 13.2 Å². The van der Waals surface area contributed by atoms with Gasteiger partial charge in [-0.05, 0) is 24.1 Å². The van der Waals surface area contributed by atoms with Gasteiger partial charge in [-0.3, -0.25) is 0 Å². The Labute approximate surface area is 130 Å². The molecule has 0 aliphatic carbocycles. The van der Waals surface area contributed by atoms with Crippen LogP contribution in [0.15, 0.2) is 18.2 Å². The van der Waals surface area contributed by atoms with Crippen molar-refractivity contribution in [1.29, 1.82) is 0 Å². The van der Waals surface area contributed by atoms with Crippen molar-refractivity contribution in [1.82, 2.24) is 0 Å². The van der Waals surface area contributed by atoms with Crippen molar-refractivity contribution in [3.05, 3.63) is 29.3 Å². The van der Waals surface area contributed by atoms with Crippen molar-refractivity contribution in [3.8, 4) is 0 Å². The summed E-state index contributed by atoms with van der Waals surface area (Å²) in [5, 5.41) is 0.331. The fourth-order valence-electron chi connectivity index (χ4n) is 2.48. The number of benzene rings is 1. The van der Waals surface area contributed by atoms with Crippen molar-refractivity contribution in [2.24, 2.45) is 0 Å². The fourth-order valence-corrected chi connectivity index (χ4v) is 4.60. The third-order valence-electron chi connectivity index (χ3n) is 3.66. The van der Waals surface area contributed by atoms with Crippen molar-refractivity contribution in [2.45, 2.75) is 24.0 Å². The van der Waals surface area contributed by atoms with E-state index in [1.807, 2.05) is 0 Å². The van der Waals surface area contributed by atoms with Gasteiger partial charge in [0.25, 0.3) is 0 Å². The largest absolute Gasteiger partial charge is 0.418 e. The van der Waals surface area contributed by atoms with Crippen molar-refractivity contribution in [2.75, 3.05) is 23.5 Å². The molecule has 1 fully saturated rings. The molecule has 0 amide bonds. The van der Waals surface area contributed by atoms with Gasteiger partial charge in [0.1, 0.15) is 0 Å². The lowest BCUT2D eigenvalue weighted by Gasteiger charge is -2.28. The molecule has 1 aliphatic rings. The Morgan fingerprint density at radius 3 is 2.52 bits per heavy atom. The summed E-state index contributed by atoms with van der Waals surface area (Å²) in [5.41, 5.74) is -0.181. The van der Waals surface area contributed by atoms with Crippen LogP contribution in [0.5, 0.6) is 0 Å². The summed E-state index contributed by atoms with van der Waals surface area (Å²) in [5.74, 6) is -0.0656. The van der Waals surface area contributed by atoms with Gasteiger partial charge < -0.3 is 4.90 Å². The van der Waals surface area contributed by atoms with Gasteiger partial charge in [-0.25, -0.2) is 8.42 Å². The zero-order valence-electron chi connectivity index (χ0n) is 11.3. The lowest BCUT2D eigenvalue weighted by molar-refractivity contribution is -0.137. The predicted molar refractivity (Wildman–Crippen MR) is 79.5 cm³/mol. The van der Waals surface area contributed by atoms with E-state index in [1.54, 1.807) is 6.07 Å². The van der Waals surface area contributed by atoms with Gasteiger partial charge in [0.2, 0.25) is 0 Å². The molecule has 0 N–H and O–H groups in total. The van der Waals surface area contributed by atoms with E-state index in [2.05, 4.69) is 15.9 Å². The van der Waals surface area contributed by atoms with Crippen LogP contribution < -0.4 is 4.90 Å². The van der Waals surface area contributed by atoms with E-state index in [1.165, 1.54) is 18.0 Å². The minimum Gasteiger partial charge on any atom is -0.370 e.